The van der Waals surface area contributed by atoms with Gasteiger partial charge in [-0.1, -0.05) is 29.8 Å². The summed E-state index contributed by atoms with van der Waals surface area (Å²) < 4.78 is 27.8. The topological polar surface area (TPSA) is 84.3 Å². The summed E-state index contributed by atoms with van der Waals surface area (Å²) in [5, 5.41) is 3.33. The van der Waals surface area contributed by atoms with Gasteiger partial charge in [0.1, 0.15) is 11.9 Å². The van der Waals surface area contributed by atoms with Crippen LogP contribution in [0.5, 0.6) is 0 Å². The molecule has 1 atom stereocenters. The van der Waals surface area contributed by atoms with E-state index in [1.54, 1.807) is 37.4 Å². The van der Waals surface area contributed by atoms with E-state index < -0.39 is 22.0 Å². The summed E-state index contributed by atoms with van der Waals surface area (Å²) in [5.74, 6) is 0.417. The number of benzene rings is 2. The monoisotopic (exact) mass is 446 g/mol. The highest BCUT2D eigenvalue weighted by Crippen LogP contribution is 2.23. The van der Waals surface area contributed by atoms with E-state index in [0.717, 1.165) is 27.6 Å². The first-order valence-corrected chi connectivity index (χ1v) is 11.5. The Bertz CT molecular complexity index is 1140. The number of anilines is 1. The first kappa shape index (κ1) is 21.9. The highest BCUT2D eigenvalue weighted by molar-refractivity contribution is 7.92. The zero-order valence-electron chi connectivity index (χ0n) is 16.9. The zero-order valence-corrected chi connectivity index (χ0v) is 18.5. The maximum Gasteiger partial charge on any atom is 0.243 e. The fraction of sp³-hybridized carbons (Fsp3) is 0.238. The second kappa shape index (κ2) is 8.89. The minimum Gasteiger partial charge on any atom is -0.350 e. The molecular formula is C21H23ClN4O3S. The molecule has 0 radical (unpaired) electrons. The van der Waals surface area contributed by atoms with E-state index in [4.69, 9.17) is 11.6 Å². The van der Waals surface area contributed by atoms with Gasteiger partial charge in [-0.25, -0.2) is 13.4 Å². The Morgan fingerprint density at radius 3 is 2.47 bits per heavy atom. The first-order valence-electron chi connectivity index (χ1n) is 9.29. The van der Waals surface area contributed by atoms with Crippen LogP contribution in [0.25, 0.3) is 5.69 Å². The largest absolute Gasteiger partial charge is 0.350 e. The van der Waals surface area contributed by atoms with Crippen molar-refractivity contribution in [2.24, 2.45) is 0 Å². The van der Waals surface area contributed by atoms with Crippen molar-refractivity contribution in [3.05, 3.63) is 77.3 Å². The SMILES string of the molecule is Cc1nccn1-c1ccccc1CNC(=O)[C@@H](C)N(c1ccc(Cl)cc1)S(C)(=O)=O. The Hall–Kier alpha value is -2.84. The number of carbonyl (C=O) groups is 1. The van der Waals surface area contributed by atoms with Gasteiger partial charge in [0.25, 0.3) is 0 Å². The van der Waals surface area contributed by atoms with Gasteiger partial charge in [-0.3, -0.25) is 9.10 Å². The summed E-state index contributed by atoms with van der Waals surface area (Å²) in [4.78, 5) is 17.1. The van der Waals surface area contributed by atoms with Crippen LogP contribution in [-0.2, 0) is 21.4 Å². The molecule has 0 unspecified atom stereocenters. The number of hydrogen-bond donors (Lipinski definition) is 1. The molecule has 0 spiro atoms. The van der Waals surface area contributed by atoms with Crippen molar-refractivity contribution in [2.75, 3.05) is 10.6 Å². The molecule has 0 saturated carbocycles. The summed E-state index contributed by atoms with van der Waals surface area (Å²) >= 11 is 5.90. The lowest BCUT2D eigenvalue weighted by Gasteiger charge is -2.28. The minimum absolute atomic E-state index is 0.245. The predicted molar refractivity (Wildman–Crippen MR) is 118 cm³/mol. The van der Waals surface area contributed by atoms with Crippen LogP contribution in [0.15, 0.2) is 60.9 Å². The van der Waals surface area contributed by atoms with Gasteiger partial charge in [0.15, 0.2) is 0 Å². The molecule has 2 aromatic carbocycles. The normalized spacial score (nSPS) is 12.4. The predicted octanol–water partition coefficient (Wildman–Crippen LogP) is 3.31. The van der Waals surface area contributed by atoms with Gasteiger partial charge in [0, 0.05) is 24.0 Å². The maximum atomic E-state index is 12.8. The molecule has 0 fully saturated rings. The number of para-hydroxylation sites is 1. The number of rotatable bonds is 7. The van der Waals surface area contributed by atoms with Gasteiger partial charge < -0.3 is 9.88 Å². The summed E-state index contributed by atoms with van der Waals surface area (Å²) in [5.41, 5.74) is 2.16. The minimum atomic E-state index is -3.69. The van der Waals surface area contributed by atoms with Crippen LogP contribution in [0.3, 0.4) is 0 Å². The molecule has 0 aliphatic rings. The lowest BCUT2D eigenvalue weighted by Crippen LogP contribution is -2.47. The molecule has 0 aliphatic carbocycles. The number of hydrogen-bond acceptors (Lipinski definition) is 4. The van der Waals surface area contributed by atoms with Crippen LogP contribution in [0.4, 0.5) is 5.69 Å². The summed E-state index contributed by atoms with van der Waals surface area (Å²) in [6, 6.07) is 13.0. The third kappa shape index (κ3) is 4.83. The molecule has 0 aliphatic heterocycles. The molecule has 0 saturated heterocycles. The maximum absolute atomic E-state index is 12.8. The van der Waals surface area contributed by atoms with E-state index >= 15 is 0 Å². The second-order valence-corrected chi connectivity index (χ2v) is 9.20. The van der Waals surface area contributed by atoms with Gasteiger partial charge in [-0.05, 0) is 49.7 Å². The molecular weight excluding hydrogens is 424 g/mol. The van der Waals surface area contributed by atoms with Crippen LogP contribution >= 0.6 is 11.6 Å². The number of aryl methyl sites for hydroxylation is 1. The van der Waals surface area contributed by atoms with E-state index in [2.05, 4.69) is 10.3 Å². The standard InChI is InChI=1S/C21H23ClN4O3S/c1-15(26(30(3,28)29)19-10-8-18(22)9-11-19)21(27)24-14-17-6-4-5-7-20(17)25-13-12-23-16(25)2/h4-13,15H,14H2,1-3H3,(H,24,27)/t15-/m1/s1. The number of aromatic nitrogens is 2. The van der Waals surface area contributed by atoms with Gasteiger partial charge in [0.2, 0.25) is 15.9 Å². The number of amides is 1. The molecule has 158 valence electrons. The molecule has 7 nitrogen and oxygen atoms in total. The summed E-state index contributed by atoms with van der Waals surface area (Å²) in [6.45, 7) is 3.69. The summed E-state index contributed by atoms with van der Waals surface area (Å²) in [7, 11) is -3.69. The highest BCUT2D eigenvalue weighted by Gasteiger charge is 2.29. The third-order valence-electron chi connectivity index (χ3n) is 4.70. The van der Waals surface area contributed by atoms with E-state index in [9.17, 15) is 13.2 Å². The van der Waals surface area contributed by atoms with Crippen LogP contribution < -0.4 is 9.62 Å². The molecule has 1 N–H and O–H groups in total. The van der Waals surface area contributed by atoms with Crippen LogP contribution in [-0.4, -0.2) is 36.2 Å². The number of imidazole rings is 1. The smallest absolute Gasteiger partial charge is 0.243 e. The first-order chi connectivity index (χ1) is 14.2. The Balaban J connectivity index is 1.80. The molecule has 30 heavy (non-hydrogen) atoms. The molecule has 1 aromatic heterocycles. The van der Waals surface area contributed by atoms with E-state index in [1.807, 2.05) is 42.0 Å². The second-order valence-electron chi connectivity index (χ2n) is 6.90. The van der Waals surface area contributed by atoms with Gasteiger partial charge in [-0.15, -0.1) is 0 Å². The van der Waals surface area contributed by atoms with Crippen molar-refractivity contribution >= 4 is 33.2 Å². The number of carbonyl (C=O) groups excluding carboxylic acids is 1. The van der Waals surface area contributed by atoms with Crippen molar-refractivity contribution in [3.63, 3.8) is 0 Å². The zero-order chi connectivity index (χ0) is 21.9. The fourth-order valence-corrected chi connectivity index (χ4v) is 4.56. The van der Waals surface area contributed by atoms with Crippen molar-refractivity contribution in [1.82, 2.24) is 14.9 Å². The van der Waals surface area contributed by atoms with Crippen LogP contribution in [0.2, 0.25) is 5.02 Å². The summed E-state index contributed by atoms with van der Waals surface area (Å²) in [6.07, 6.45) is 4.63. The van der Waals surface area contributed by atoms with Gasteiger partial charge >= 0.3 is 0 Å². The molecule has 3 rings (SSSR count). The number of nitrogens with one attached hydrogen (secondary N) is 1. The van der Waals surface area contributed by atoms with Crippen molar-refractivity contribution in [3.8, 4) is 5.69 Å². The Kier molecular flexibility index (Phi) is 6.48. The molecule has 1 heterocycles. The Labute approximate surface area is 181 Å². The average molecular weight is 447 g/mol. The van der Waals surface area contributed by atoms with Crippen molar-refractivity contribution in [2.45, 2.75) is 26.4 Å². The third-order valence-corrected chi connectivity index (χ3v) is 6.19. The van der Waals surface area contributed by atoms with Gasteiger partial charge in [0.05, 0.1) is 17.6 Å². The molecule has 0 bridgehead atoms. The lowest BCUT2D eigenvalue weighted by molar-refractivity contribution is -0.122. The van der Waals surface area contributed by atoms with E-state index in [-0.39, 0.29) is 6.54 Å². The van der Waals surface area contributed by atoms with Crippen molar-refractivity contribution in [1.29, 1.82) is 0 Å². The van der Waals surface area contributed by atoms with Gasteiger partial charge in [-0.2, -0.15) is 0 Å². The molecule has 9 heteroatoms. The van der Waals surface area contributed by atoms with Crippen LogP contribution in [0.1, 0.15) is 18.3 Å². The quantitative estimate of drug-likeness (QED) is 0.603. The Morgan fingerprint density at radius 2 is 1.87 bits per heavy atom. The molecule has 3 aromatic rings. The Morgan fingerprint density at radius 1 is 1.20 bits per heavy atom. The number of halogens is 1. The van der Waals surface area contributed by atoms with Crippen LogP contribution in [0, 0.1) is 6.92 Å². The van der Waals surface area contributed by atoms with E-state index in [0.29, 0.717) is 10.7 Å². The lowest BCUT2D eigenvalue weighted by atomic mass is 10.1. The number of sulfonamides is 1. The highest BCUT2D eigenvalue weighted by atomic mass is 35.5. The van der Waals surface area contributed by atoms with E-state index in [1.165, 1.54) is 0 Å². The fourth-order valence-electron chi connectivity index (χ4n) is 3.25. The van der Waals surface area contributed by atoms with Crippen molar-refractivity contribution < 1.29 is 13.2 Å². The molecule has 1 amide bonds. The number of nitrogens with zero attached hydrogens (tertiary/aromatic N) is 3. The average Bonchev–Trinajstić information content (AvgIpc) is 3.12.